The second kappa shape index (κ2) is 13.2. The predicted octanol–water partition coefficient (Wildman–Crippen LogP) is 4.77. The van der Waals surface area contributed by atoms with Crippen LogP contribution in [0, 0.1) is 29.1 Å². The maximum atomic E-state index is 14.1. The summed E-state index contributed by atoms with van der Waals surface area (Å²) in [5.41, 5.74) is 0.412. The second-order valence-corrected chi connectivity index (χ2v) is 12.6. The third kappa shape index (κ3) is 8.03. The van der Waals surface area contributed by atoms with E-state index in [1.807, 2.05) is 31.7 Å². The van der Waals surface area contributed by atoms with Gasteiger partial charge in [-0.25, -0.2) is 4.79 Å². The molecule has 8 heteroatoms. The highest BCUT2D eigenvalue weighted by atomic mass is 32.1. The van der Waals surface area contributed by atoms with Crippen LogP contribution in [0.4, 0.5) is 5.69 Å². The molecule has 7 nitrogen and oxygen atoms in total. The maximum Gasteiger partial charge on any atom is 0.350 e. The maximum absolute atomic E-state index is 14.1. The summed E-state index contributed by atoms with van der Waals surface area (Å²) < 4.78 is 11.0. The molecule has 1 aromatic heterocycles. The average molecular weight is 534 g/mol. The number of thiophene rings is 1. The summed E-state index contributed by atoms with van der Waals surface area (Å²) in [4.78, 5) is 30.0. The Morgan fingerprint density at radius 3 is 2.24 bits per heavy atom. The first-order chi connectivity index (χ1) is 17.6. The Hall–Kier alpha value is -1.92. The van der Waals surface area contributed by atoms with E-state index in [4.69, 9.17) is 9.47 Å². The van der Waals surface area contributed by atoms with Gasteiger partial charge in [-0.1, -0.05) is 18.8 Å². The van der Waals surface area contributed by atoms with E-state index in [0.29, 0.717) is 42.2 Å². The normalized spacial score (nSPS) is 24.3. The Morgan fingerprint density at radius 1 is 1.08 bits per heavy atom. The summed E-state index contributed by atoms with van der Waals surface area (Å²) in [7, 11) is 1.36. The van der Waals surface area contributed by atoms with Gasteiger partial charge in [-0.3, -0.25) is 4.79 Å². The highest BCUT2D eigenvalue weighted by Gasteiger charge is 2.38. The van der Waals surface area contributed by atoms with Crippen LogP contribution >= 0.6 is 11.3 Å². The van der Waals surface area contributed by atoms with Crippen molar-refractivity contribution in [2.24, 2.45) is 17.3 Å². The number of hydrogen-bond donors (Lipinski definition) is 2. The fraction of sp³-hybridized carbons (Fsp3) is 0.724. The number of esters is 1. The summed E-state index contributed by atoms with van der Waals surface area (Å²) in [6.45, 7) is 7.89. The first-order valence-corrected chi connectivity index (χ1v) is 14.3. The van der Waals surface area contributed by atoms with E-state index in [1.54, 1.807) is 0 Å². The minimum atomic E-state index is -0.588. The Morgan fingerprint density at radius 2 is 1.70 bits per heavy atom. The molecule has 3 rings (SSSR count). The molecular weight excluding hydrogens is 490 g/mol. The molecule has 2 saturated carbocycles. The first-order valence-electron chi connectivity index (χ1n) is 13.5. The summed E-state index contributed by atoms with van der Waals surface area (Å²) in [6, 6.07) is 1.81. The van der Waals surface area contributed by atoms with Crippen LogP contribution in [0.1, 0.15) is 93.6 Å². The molecule has 0 atom stereocenters. The van der Waals surface area contributed by atoms with Crippen LogP contribution in [0.2, 0.25) is 0 Å². The van der Waals surface area contributed by atoms with E-state index >= 15 is 0 Å². The van der Waals surface area contributed by atoms with Gasteiger partial charge < -0.3 is 24.6 Å². The monoisotopic (exact) mass is 533 g/mol. The molecule has 0 unspecified atom stereocenters. The van der Waals surface area contributed by atoms with Crippen LogP contribution in [-0.4, -0.2) is 60.7 Å². The van der Waals surface area contributed by atoms with E-state index in [0.717, 1.165) is 30.6 Å². The van der Waals surface area contributed by atoms with Gasteiger partial charge in [0, 0.05) is 17.4 Å². The smallest absolute Gasteiger partial charge is 0.350 e. The quantitative estimate of drug-likeness (QED) is 0.369. The number of ether oxygens (including phenoxy) is 2. The molecular formula is C29H43NO6S. The van der Waals surface area contributed by atoms with E-state index < -0.39 is 12.1 Å². The van der Waals surface area contributed by atoms with E-state index in [1.165, 1.54) is 18.4 Å². The molecule has 2 aliphatic rings. The summed E-state index contributed by atoms with van der Waals surface area (Å²) >= 11 is 1.28. The molecule has 0 radical (unpaired) electrons. The average Bonchev–Trinajstić information content (AvgIpc) is 3.30. The van der Waals surface area contributed by atoms with Crippen LogP contribution in [0.25, 0.3) is 0 Å². The summed E-state index contributed by atoms with van der Waals surface area (Å²) in [6.07, 6.45) is 5.96. The number of hydrogen-bond acceptors (Lipinski definition) is 7. The number of carbonyl (C=O) groups excluding carboxylic acids is 2. The van der Waals surface area contributed by atoms with Crippen LogP contribution in [0.15, 0.2) is 6.07 Å². The molecule has 37 heavy (non-hydrogen) atoms. The Labute approximate surface area is 225 Å². The van der Waals surface area contributed by atoms with Crippen LogP contribution in [0.5, 0.6) is 0 Å². The van der Waals surface area contributed by atoms with Gasteiger partial charge in [0.05, 0.1) is 37.0 Å². The number of nitrogens with zero attached hydrogens (tertiary/aromatic N) is 1. The number of amides is 1. The van der Waals surface area contributed by atoms with Gasteiger partial charge in [0.25, 0.3) is 0 Å². The highest BCUT2D eigenvalue weighted by molar-refractivity contribution is 7.15. The minimum Gasteiger partial charge on any atom is -0.465 e. The zero-order valence-electron chi connectivity index (χ0n) is 22.9. The molecule has 0 aromatic carbocycles. The van der Waals surface area contributed by atoms with Crippen molar-refractivity contribution in [1.82, 2.24) is 0 Å². The van der Waals surface area contributed by atoms with Crippen LogP contribution in [0.3, 0.4) is 0 Å². The Bertz CT molecular complexity index is 967. The van der Waals surface area contributed by atoms with Crippen molar-refractivity contribution in [2.45, 2.75) is 97.3 Å². The number of aliphatic hydroxyl groups is 2. The minimum absolute atomic E-state index is 0.0622. The fourth-order valence-electron chi connectivity index (χ4n) is 5.16. The van der Waals surface area contributed by atoms with Gasteiger partial charge in [-0.2, -0.15) is 0 Å². The molecule has 1 amide bonds. The fourth-order valence-corrected chi connectivity index (χ4v) is 6.09. The molecule has 2 fully saturated rings. The van der Waals surface area contributed by atoms with Gasteiger partial charge in [-0.05, 0) is 84.1 Å². The second-order valence-electron chi connectivity index (χ2n) is 11.5. The first kappa shape index (κ1) is 29.6. The Kier molecular flexibility index (Phi) is 10.6. The van der Waals surface area contributed by atoms with Crippen LogP contribution < -0.4 is 4.90 Å². The molecule has 206 valence electrons. The van der Waals surface area contributed by atoms with Crippen LogP contribution in [-0.2, 0) is 14.3 Å². The van der Waals surface area contributed by atoms with Gasteiger partial charge in [0.1, 0.15) is 11.0 Å². The van der Waals surface area contributed by atoms with E-state index in [2.05, 4.69) is 18.8 Å². The van der Waals surface area contributed by atoms with Crippen molar-refractivity contribution in [1.29, 1.82) is 0 Å². The molecule has 2 aliphatic carbocycles. The van der Waals surface area contributed by atoms with Crippen molar-refractivity contribution in [3.8, 4) is 11.8 Å². The number of anilines is 1. The molecule has 1 heterocycles. The lowest BCUT2D eigenvalue weighted by atomic mass is 9.81. The van der Waals surface area contributed by atoms with Crippen molar-refractivity contribution < 1.29 is 29.3 Å². The van der Waals surface area contributed by atoms with Gasteiger partial charge in [-0.15, -0.1) is 11.3 Å². The summed E-state index contributed by atoms with van der Waals surface area (Å²) in [5, 5.41) is 18.8. The highest BCUT2D eigenvalue weighted by Crippen LogP contribution is 2.39. The number of aliphatic hydroxyl groups excluding tert-OH is 2. The zero-order chi connectivity index (χ0) is 27.2. The van der Waals surface area contributed by atoms with Crippen molar-refractivity contribution >= 4 is 28.9 Å². The number of rotatable bonds is 8. The summed E-state index contributed by atoms with van der Waals surface area (Å²) in [5.74, 6) is 6.63. The van der Waals surface area contributed by atoms with Gasteiger partial charge >= 0.3 is 5.97 Å². The SMILES string of the molecule is COC(=O)c1sc(C#CC(C)(C)C)cc1N(C(=O)C1CCC(C)CC1)C1CCC(OC(CO)CO)CC1. The predicted molar refractivity (Wildman–Crippen MR) is 146 cm³/mol. The van der Waals surface area contributed by atoms with Crippen molar-refractivity contribution in [3.05, 3.63) is 15.8 Å². The largest absolute Gasteiger partial charge is 0.465 e. The molecule has 0 aliphatic heterocycles. The van der Waals surface area contributed by atoms with Gasteiger partial charge in [0.15, 0.2) is 0 Å². The third-order valence-electron chi connectivity index (χ3n) is 7.31. The Balaban J connectivity index is 1.94. The standard InChI is InChI=1S/C29H43NO6S/c1-19-6-8-20(9-7-19)27(33)30(21-10-12-22(13-11-21)36-23(17-31)18-32)25-16-24(14-15-29(2,3)4)37-26(25)28(34)35-5/h16,19-23,31-32H,6-13,17-18H2,1-5H3. The van der Waals surface area contributed by atoms with Crippen molar-refractivity contribution in [3.63, 3.8) is 0 Å². The molecule has 0 bridgehead atoms. The molecule has 0 spiro atoms. The lowest BCUT2D eigenvalue weighted by molar-refractivity contribution is -0.124. The van der Waals surface area contributed by atoms with Gasteiger partial charge in [0.2, 0.25) is 5.91 Å². The molecule has 0 saturated heterocycles. The van der Waals surface area contributed by atoms with Crippen molar-refractivity contribution in [2.75, 3.05) is 25.2 Å². The topological polar surface area (TPSA) is 96.3 Å². The zero-order valence-corrected chi connectivity index (χ0v) is 23.7. The molecule has 1 aromatic rings. The number of methoxy groups -OCH3 is 1. The molecule has 2 N–H and O–H groups in total. The lowest BCUT2D eigenvalue weighted by Gasteiger charge is -2.40. The third-order valence-corrected chi connectivity index (χ3v) is 8.33. The number of carbonyl (C=O) groups is 2. The van der Waals surface area contributed by atoms with E-state index in [-0.39, 0.29) is 42.6 Å². The lowest BCUT2D eigenvalue weighted by Crippen LogP contribution is -2.47. The van der Waals surface area contributed by atoms with E-state index in [9.17, 15) is 19.8 Å².